The number of benzene rings is 3. The Bertz CT molecular complexity index is 1390. The molecule has 0 aromatic heterocycles. The van der Waals surface area contributed by atoms with Crippen molar-refractivity contribution in [3.8, 4) is 16.9 Å². The lowest BCUT2D eigenvalue weighted by Gasteiger charge is -2.11. The summed E-state index contributed by atoms with van der Waals surface area (Å²) in [5.74, 6) is 1.60. The minimum Gasteiger partial charge on any atom is -0.497 e. The summed E-state index contributed by atoms with van der Waals surface area (Å²) in [6.07, 6.45) is 0. The van der Waals surface area contributed by atoms with Crippen LogP contribution in [-0.4, -0.2) is 17.0 Å². The molecule has 0 fully saturated rings. The van der Waals surface area contributed by atoms with E-state index in [4.69, 9.17) is 4.74 Å². The molecule has 1 N–H and O–H groups in total. The summed E-state index contributed by atoms with van der Waals surface area (Å²) in [5.41, 5.74) is 5.21. The van der Waals surface area contributed by atoms with Crippen LogP contribution in [0.5, 0.6) is 5.75 Å². The molecule has 0 radical (unpaired) electrons. The normalized spacial score (nSPS) is 11.4. The second kappa shape index (κ2) is 10.3. The second-order valence-electron chi connectivity index (χ2n) is 7.08. The summed E-state index contributed by atoms with van der Waals surface area (Å²) in [6.45, 7) is 0. The van der Waals surface area contributed by atoms with Gasteiger partial charge in [-0.25, -0.2) is 0 Å². The molecule has 0 atom stereocenters. The lowest BCUT2D eigenvalue weighted by Crippen LogP contribution is -2.07. The molecule has 0 unspecified atom stereocenters. The Hall–Kier alpha value is -3.96. The zero-order chi connectivity index (χ0) is 24.1. The molecule has 0 spiro atoms. The molecule has 0 saturated carbocycles. The van der Waals surface area contributed by atoms with Gasteiger partial charge >= 0.3 is 5.69 Å². The number of nitrogens with one attached hydrogen (secondary N) is 1. The van der Waals surface area contributed by atoms with E-state index in [2.05, 4.69) is 15.9 Å². The van der Waals surface area contributed by atoms with E-state index in [0.717, 1.165) is 33.6 Å². The molecule has 4 rings (SSSR count). The van der Waals surface area contributed by atoms with Crippen molar-refractivity contribution in [2.75, 3.05) is 12.5 Å². The van der Waals surface area contributed by atoms with Crippen LogP contribution in [0.1, 0.15) is 5.56 Å². The van der Waals surface area contributed by atoms with Crippen LogP contribution in [0.15, 0.2) is 81.4 Å². The Morgan fingerprint density at radius 3 is 2.50 bits per heavy atom. The van der Waals surface area contributed by atoms with E-state index in [0.29, 0.717) is 5.36 Å². The van der Waals surface area contributed by atoms with Crippen LogP contribution in [0.4, 0.5) is 17.1 Å². The highest BCUT2D eigenvalue weighted by Crippen LogP contribution is 2.35. The van der Waals surface area contributed by atoms with Crippen LogP contribution < -0.4 is 15.5 Å². The Morgan fingerprint density at radius 1 is 1.00 bits per heavy atom. The maximum absolute atomic E-state index is 11.3. The van der Waals surface area contributed by atoms with Crippen molar-refractivity contribution in [2.45, 2.75) is 10.6 Å². The summed E-state index contributed by atoms with van der Waals surface area (Å²) >= 11 is 3.31. The maximum atomic E-state index is 11.3. The first-order chi connectivity index (χ1) is 16.4. The number of fused-ring (bicyclic) bond motifs is 1. The molecule has 0 saturated heterocycles. The Morgan fingerprint density at radius 2 is 1.79 bits per heavy atom. The Balaban J connectivity index is 1.60. The zero-order valence-corrected chi connectivity index (χ0v) is 19.5. The average molecular weight is 495 g/mol. The van der Waals surface area contributed by atoms with Gasteiger partial charge in [-0.15, -0.1) is 11.8 Å². The van der Waals surface area contributed by atoms with Crippen molar-refractivity contribution in [3.05, 3.63) is 103 Å². The number of hydrogen-bond acceptors (Lipinski definition) is 9. The number of nitro groups is 2. The van der Waals surface area contributed by atoms with E-state index in [-0.39, 0.29) is 11.4 Å². The molecule has 2 aliphatic rings. The average Bonchev–Trinajstić information content (AvgIpc) is 2.86. The van der Waals surface area contributed by atoms with E-state index in [1.54, 1.807) is 36.3 Å². The lowest BCUT2D eigenvalue weighted by molar-refractivity contribution is -0.393. The topological polar surface area (TPSA) is 120 Å². The van der Waals surface area contributed by atoms with E-state index in [9.17, 15) is 20.2 Å². The summed E-state index contributed by atoms with van der Waals surface area (Å²) < 4.78 is 5.21. The Kier molecular flexibility index (Phi) is 7.04. The van der Waals surface area contributed by atoms with Gasteiger partial charge < -0.3 is 4.74 Å². The largest absolute Gasteiger partial charge is 0.497 e. The first-order valence-electron chi connectivity index (χ1n) is 9.93. The van der Waals surface area contributed by atoms with Crippen molar-refractivity contribution in [1.29, 1.82) is 0 Å². The fourth-order valence-corrected chi connectivity index (χ4v) is 5.12. The van der Waals surface area contributed by atoms with Crippen LogP contribution >= 0.6 is 23.1 Å². The van der Waals surface area contributed by atoms with Gasteiger partial charge in [0, 0.05) is 22.1 Å². The van der Waals surface area contributed by atoms with Crippen molar-refractivity contribution in [2.24, 2.45) is 5.10 Å². The minimum absolute atomic E-state index is 0.0695. The van der Waals surface area contributed by atoms with E-state index in [1.165, 1.54) is 17.7 Å². The fraction of sp³-hybridized carbons (Fsp3) is 0.0870. The fourth-order valence-electron chi connectivity index (χ4n) is 3.16. The number of methoxy groups -OCH3 is 1. The molecule has 1 aliphatic heterocycles. The third kappa shape index (κ3) is 5.33. The number of rotatable bonds is 8. The van der Waals surface area contributed by atoms with Gasteiger partial charge in [-0.1, -0.05) is 18.2 Å². The quantitative estimate of drug-likeness (QED) is 0.184. The molecule has 1 aliphatic carbocycles. The van der Waals surface area contributed by atoms with Gasteiger partial charge in [-0.3, -0.25) is 25.7 Å². The first-order valence-corrected chi connectivity index (χ1v) is 11.9. The molecule has 172 valence electrons. The number of non-ortho nitro benzene ring substituents is 1. The van der Waals surface area contributed by atoms with Gasteiger partial charge in [0.2, 0.25) is 0 Å². The SMILES string of the molecule is COc1ccc(CSc2cscc3cc/c(=N\Nc4ccc([N+](=O)[O-])cc4[N+](=O)[O-])cc2-3)cc1. The number of nitro benzene ring substituents is 2. The number of thioether (sulfide) groups is 1. The van der Waals surface area contributed by atoms with Gasteiger partial charge in [0.15, 0.2) is 0 Å². The van der Waals surface area contributed by atoms with E-state index >= 15 is 0 Å². The molecule has 2 aromatic carbocycles. The van der Waals surface area contributed by atoms with Gasteiger partial charge in [0.1, 0.15) is 11.4 Å². The molecule has 11 heteroatoms. The number of ether oxygens (including phenoxy) is 1. The summed E-state index contributed by atoms with van der Waals surface area (Å²) in [6, 6.07) is 17.0. The molecular formula is C23H18N4O5S2. The highest BCUT2D eigenvalue weighted by atomic mass is 32.2. The second-order valence-corrected chi connectivity index (χ2v) is 8.84. The van der Waals surface area contributed by atoms with Crippen molar-refractivity contribution >= 4 is 40.2 Å². The minimum atomic E-state index is -0.680. The molecule has 2 aromatic rings. The highest BCUT2D eigenvalue weighted by Gasteiger charge is 2.19. The summed E-state index contributed by atoms with van der Waals surface area (Å²) in [5, 5.41) is 31.2. The molecule has 0 bridgehead atoms. The van der Waals surface area contributed by atoms with Gasteiger partial charge in [0.05, 0.1) is 28.4 Å². The molecule has 34 heavy (non-hydrogen) atoms. The summed E-state index contributed by atoms with van der Waals surface area (Å²) in [7, 11) is 1.64. The van der Waals surface area contributed by atoms with Gasteiger partial charge in [-0.05, 0) is 52.4 Å². The molecule has 0 amide bonds. The monoisotopic (exact) mass is 494 g/mol. The zero-order valence-electron chi connectivity index (χ0n) is 17.8. The standard InChI is InChI=1S/C23H18N4O5S2/c1-32-19-7-2-15(3-8-19)12-34-23-14-33-13-16-4-5-17(10-20(16)23)24-25-21-9-6-18(26(28)29)11-22(21)27(30)31/h2-11,13-14,25H,12H2,1H3/b24-17+. The van der Waals surface area contributed by atoms with Crippen LogP contribution in [0.25, 0.3) is 11.1 Å². The van der Waals surface area contributed by atoms with Crippen molar-refractivity contribution < 1.29 is 14.6 Å². The third-order valence-corrected chi connectivity index (χ3v) is 6.96. The van der Waals surface area contributed by atoms with E-state index in [1.807, 2.05) is 41.8 Å². The third-order valence-electron chi connectivity index (χ3n) is 4.92. The Labute approximate surface area is 202 Å². The predicted molar refractivity (Wildman–Crippen MR) is 132 cm³/mol. The van der Waals surface area contributed by atoms with Gasteiger partial charge in [0.25, 0.3) is 5.69 Å². The van der Waals surface area contributed by atoms with Crippen LogP contribution in [-0.2, 0) is 5.75 Å². The van der Waals surface area contributed by atoms with Crippen molar-refractivity contribution in [1.82, 2.24) is 0 Å². The first kappa shape index (κ1) is 23.2. The number of hydrogen-bond donors (Lipinski definition) is 1. The molecular weight excluding hydrogens is 476 g/mol. The predicted octanol–water partition coefficient (Wildman–Crippen LogP) is 5.90. The molecule has 9 nitrogen and oxygen atoms in total. The smallest absolute Gasteiger partial charge is 0.301 e. The van der Waals surface area contributed by atoms with E-state index < -0.39 is 15.5 Å². The van der Waals surface area contributed by atoms with Crippen LogP contribution in [0.3, 0.4) is 0 Å². The maximum Gasteiger partial charge on any atom is 0.301 e. The lowest BCUT2D eigenvalue weighted by atomic mass is 10.1. The highest BCUT2D eigenvalue weighted by molar-refractivity contribution is 7.98. The number of nitrogens with zero attached hydrogens (tertiary/aromatic N) is 3. The van der Waals surface area contributed by atoms with Crippen LogP contribution in [0.2, 0.25) is 0 Å². The van der Waals surface area contributed by atoms with Gasteiger partial charge in [-0.2, -0.15) is 16.4 Å². The summed E-state index contributed by atoms with van der Waals surface area (Å²) in [4.78, 5) is 22.0. The molecule has 1 heterocycles. The van der Waals surface area contributed by atoms with Crippen molar-refractivity contribution in [3.63, 3.8) is 0 Å². The number of anilines is 1. The van der Waals surface area contributed by atoms with Crippen LogP contribution in [0, 0.1) is 20.2 Å².